The molecular formula is C20H32Cl2N2O2. The van der Waals surface area contributed by atoms with Gasteiger partial charge in [0.1, 0.15) is 5.75 Å². The minimum atomic E-state index is 0. The van der Waals surface area contributed by atoms with Crippen LogP contribution in [0.15, 0.2) is 24.3 Å². The van der Waals surface area contributed by atoms with Gasteiger partial charge in [0.2, 0.25) is 0 Å². The number of halogens is 2. The van der Waals surface area contributed by atoms with Crippen LogP contribution < -0.4 is 4.74 Å². The molecule has 0 spiro atoms. The van der Waals surface area contributed by atoms with Gasteiger partial charge in [0, 0.05) is 26.2 Å². The Morgan fingerprint density at radius 2 is 1.69 bits per heavy atom. The first-order valence-corrected chi connectivity index (χ1v) is 9.63. The van der Waals surface area contributed by atoms with E-state index in [0.717, 1.165) is 44.5 Å². The van der Waals surface area contributed by atoms with Crippen molar-refractivity contribution in [3.05, 3.63) is 29.8 Å². The number of nitrogens with zero attached hydrogens (tertiary/aromatic N) is 2. The summed E-state index contributed by atoms with van der Waals surface area (Å²) in [6.45, 7) is 8.78. The average Bonchev–Trinajstić information content (AvgIpc) is 3.07. The lowest BCUT2D eigenvalue weighted by molar-refractivity contribution is 0.000116. The van der Waals surface area contributed by atoms with Gasteiger partial charge in [-0.2, -0.15) is 0 Å². The van der Waals surface area contributed by atoms with Gasteiger partial charge in [-0.3, -0.25) is 9.80 Å². The third-order valence-electron chi connectivity index (χ3n) is 5.62. The Kier molecular flexibility index (Phi) is 8.98. The fourth-order valence-corrected chi connectivity index (χ4v) is 4.18. The number of benzene rings is 1. The molecule has 26 heavy (non-hydrogen) atoms. The van der Waals surface area contributed by atoms with Crippen molar-refractivity contribution in [2.45, 2.75) is 38.3 Å². The van der Waals surface area contributed by atoms with Crippen molar-refractivity contribution in [1.82, 2.24) is 9.80 Å². The lowest BCUT2D eigenvalue weighted by atomic mass is 9.82. The molecular weight excluding hydrogens is 371 g/mol. The number of ether oxygens (including phenoxy) is 2. The number of hydrogen-bond acceptors (Lipinski definition) is 4. The van der Waals surface area contributed by atoms with Gasteiger partial charge in [-0.15, -0.1) is 24.8 Å². The molecule has 1 aliphatic carbocycles. The van der Waals surface area contributed by atoms with E-state index in [1.807, 2.05) is 0 Å². The predicted molar refractivity (Wildman–Crippen MR) is 110 cm³/mol. The molecule has 6 heteroatoms. The number of hydrogen-bond donors (Lipinski definition) is 0. The molecule has 1 saturated carbocycles. The topological polar surface area (TPSA) is 24.9 Å². The standard InChI is InChI=1S/C20H30N2O2.2ClH/c1-2-7-21(6-1)15-17-4-3-5-19(12-17)24-20-13-18(14-20)16-22-8-10-23-11-9-22;;/h3-5,12,18,20H,1-2,6-11,13-16H2;2*1H. The van der Waals surface area contributed by atoms with Gasteiger partial charge in [0.25, 0.3) is 0 Å². The minimum absolute atomic E-state index is 0. The molecule has 2 heterocycles. The highest BCUT2D eigenvalue weighted by atomic mass is 35.5. The van der Waals surface area contributed by atoms with E-state index in [4.69, 9.17) is 9.47 Å². The maximum Gasteiger partial charge on any atom is 0.120 e. The molecule has 0 aromatic heterocycles. The molecule has 3 aliphatic rings. The highest BCUT2D eigenvalue weighted by molar-refractivity contribution is 5.85. The van der Waals surface area contributed by atoms with Crippen molar-refractivity contribution < 1.29 is 9.47 Å². The van der Waals surface area contributed by atoms with E-state index in [1.54, 1.807) is 0 Å². The van der Waals surface area contributed by atoms with Crippen LogP contribution in [0.3, 0.4) is 0 Å². The second-order valence-electron chi connectivity index (χ2n) is 7.62. The summed E-state index contributed by atoms with van der Waals surface area (Å²) in [4.78, 5) is 5.09. The largest absolute Gasteiger partial charge is 0.490 e. The van der Waals surface area contributed by atoms with E-state index in [-0.39, 0.29) is 24.8 Å². The molecule has 148 valence electrons. The molecule has 0 unspecified atom stereocenters. The van der Waals surface area contributed by atoms with Crippen LogP contribution in [0, 0.1) is 5.92 Å². The van der Waals surface area contributed by atoms with Crippen molar-refractivity contribution in [3.63, 3.8) is 0 Å². The zero-order valence-electron chi connectivity index (χ0n) is 15.5. The molecule has 4 rings (SSSR count). The van der Waals surface area contributed by atoms with Crippen LogP contribution >= 0.6 is 24.8 Å². The Bertz CT molecular complexity index is 528. The van der Waals surface area contributed by atoms with Gasteiger partial charge in [-0.05, 0) is 62.4 Å². The Morgan fingerprint density at radius 1 is 0.962 bits per heavy atom. The fraction of sp³-hybridized carbons (Fsp3) is 0.700. The first kappa shape index (κ1) is 21.8. The second-order valence-corrected chi connectivity index (χ2v) is 7.62. The van der Waals surface area contributed by atoms with Gasteiger partial charge >= 0.3 is 0 Å². The normalized spacial score (nSPS) is 26.5. The lowest BCUT2D eigenvalue weighted by Gasteiger charge is -2.39. The van der Waals surface area contributed by atoms with Crippen LogP contribution in [0.25, 0.3) is 0 Å². The summed E-state index contributed by atoms with van der Waals surface area (Å²) in [7, 11) is 0. The summed E-state index contributed by atoms with van der Waals surface area (Å²) in [5, 5.41) is 0. The molecule has 0 N–H and O–H groups in total. The molecule has 0 bridgehead atoms. The zero-order chi connectivity index (χ0) is 16.2. The maximum atomic E-state index is 6.21. The van der Waals surface area contributed by atoms with E-state index in [0.29, 0.717) is 6.10 Å². The van der Waals surface area contributed by atoms with Crippen LogP contribution in [-0.2, 0) is 11.3 Å². The van der Waals surface area contributed by atoms with E-state index in [1.165, 1.54) is 50.9 Å². The fourth-order valence-electron chi connectivity index (χ4n) is 4.18. The number of rotatable bonds is 6. The van der Waals surface area contributed by atoms with Crippen LogP contribution in [0.2, 0.25) is 0 Å². The van der Waals surface area contributed by atoms with Gasteiger partial charge < -0.3 is 9.47 Å². The SMILES string of the molecule is Cl.Cl.c1cc(CN2CCCC2)cc(OC2CC(CN3CCOCC3)C2)c1. The van der Waals surface area contributed by atoms with E-state index in [9.17, 15) is 0 Å². The predicted octanol–water partition coefficient (Wildman–Crippen LogP) is 3.62. The molecule has 3 fully saturated rings. The van der Waals surface area contributed by atoms with E-state index >= 15 is 0 Å². The summed E-state index contributed by atoms with van der Waals surface area (Å²) >= 11 is 0. The summed E-state index contributed by atoms with van der Waals surface area (Å²) < 4.78 is 11.6. The lowest BCUT2D eigenvalue weighted by Crippen LogP contribution is -2.45. The maximum absolute atomic E-state index is 6.21. The highest BCUT2D eigenvalue weighted by Gasteiger charge is 2.32. The van der Waals surface area contributed by atoms with Crippen molar-refractivity contribution in [3.8, 4) is 5.75 Å². The molecule has 4 nitrogen and oxygen atoms in total. The summed E-state index contributed by atoms with van der Waals surface area (Å²) in [6, 6.07) is 8.73. The van der Waals surface area contributed by atoms with Crippen molar-refractivity contribution in [1.29, 1.82) is 0 Å². The Hall–Kier alpha value is -0.520. The summed E-state index contributed by atoms with van der Waals surface area (Å²) in [5.41, 5.74) is 1.39. The first-order valence-electron chi connectivity index (χ1n) is 9.63. The van der Waals surface area contributed by atoms with Crippen molar-refractivity contribution in [2.24, 2.45) is 5.92 Å². The van der Waals surface area contributed by atoms with Crippen molar-refractivity contribution >= 4 is 24.8 Å². The van der Waals surface area contributed by atoms with E-state index in [2.05, 4.69) is 34.1 Å². The molecule has 0 radical (unpaired) electrons. The third kappa shape index (κ3) is 6.00. The Labute approximate surface area is 170 Å². The molecule has 1 aromatic carbocycles. The van der Waals surface area contributed by atoms with Gasteiger partial charge in [0.05, 0.1) is 19.3 Å². The van der Waals surface area contributed by atoms with Crippen LogP contribution in [0.1, 0.15) is 31.2 Å². The van der Waals surface area contributed by atoms with Gasteiger partial charge in [-0.25, -0.2) is 0 Å². The monoisotopic (exact) mass is 402 g/mol. The number of morpholine rings is 1. The van der Waals surface area contributed by atoms with Crippen LogP contribution in [0.5, 0.6) is 5.75 Å². The van der Waals surface area contributed by atoms with Crippen LogP contribution in [0.4, 0.5) is 0 Å². The minimum Gasteiger partial charge on any atom is -0.490 e. The molecule has 2 saturated heterocycles. The Morgan fingerprint density at radius 3 is 2.42 bits per heavy atom. The third-order valence-corrected chi connectivity index (χ3v) is 5.62. The quantitative estimate of drug-likeness (QED) is 0.725. The molecule has 0 amide bonds. The Balaban J connectivity index is 0.00000121. The summed E-state index contributed by atoms with van der Waals surface area (Å²) in [5.74, 6) is 1.86. The summed E-state index contributed by atoms with van der Waals surface area (Å²) in [6.07, 6.45) is 5.52. The van der Waals surface area contributed by atoms with E-state index < -0.39 is 0 Å². The number of likely N-dealkylation sites (tertiary alicyclic amines) is 1. The highest BCUT2D eigenvalue weighted by Crippen LogP contribution is 2.32. The zero-order valence-corrected chi connectivity index (χ0v) is 17.1. The smallest absolute Gasteiger partial charge is 0.120 e. The average molecular weight is 403 g/mol. The molecule has 1 aromatic rings. The van der Waals surface area contributed by atoms with Crippen molar-refractivity contribution in [2.75, 3.05) is 45.9 Å². The van der Waals surface area contributed by atoms with Gasteiger partial charge in [0.15, 0.2) is 0 Å². The second kappa shape index (κ2) is 10.7. The molecule has 2 aliphatic heterocycles. The first-order chi connectivity index (χ1) is 11.8. The van der Waals surface area contributed by atoms with Gasteiger partial charge in [-0.1, -0.05) is 12.1 Å². The van der Waals surface area contributed by atoms with Crippen LogP contribution in [-0.4, -0.2) is 61.8 Å². The molecule has 0 atom stereocenters.